The van der Waals surface area contributed by atoms with Crippen LogP contribution in [0, 0.1) is 5.82 Å². The lowest BCUT2D eigenvalue weighted by Crippen LogP contribution is -2.44. The van der Waals surface area contributed by atoms with Gasteiger partial charge < -0.3 is 5.11 Å². The number of sulfonamides is 1. The lowest BCUT2D eigenvalue weighted by Gasteiger charge is -2.33. The Bertz CT molecular complexity index is 602. The molecule has 7 heteroatoms. The van der Waals surface area contributed by atoms with Crippen LogP contribution in [0.4, 0.5) is 4.39 Å². The van der Waals surface area contributed by atoms with Crippen LogP contribution in [0.2, 0.25) is 0 Å². The summed E-state index contributed by atoms with van der Waals surface area (Å²) in [6.07, 6.45) is 0.589. The highest BCUT2D eigenvalue weighted by Gasteiger charge is 2.35. The van der Waals surface area contributed by atoms with E-state index in [-0.39, 0.29) is 5.56 Å². The number of benzene rings is 1. The highest BCUT2D eigenvalue weighted by atomic mass is 79.9. The van der Waals surface area contributed by atoms with E-state index in [0.29, 0.717) is 10.9 Å². The number of aliphatic hydroxyl groups excluding tert-OH is 1. The Hall–Kier alpha value is -0.500. The van der Waals surface area contributed by atoms with E-state index in [2.05, 4.69) is 15.9 Å². The normalized spacial score (nSPS) is 13.0. The van der Waals surface area contributed by atoms with E-state index >= 15 is 0 Å². The van der Waals surface area contributed by atoms with Crippen molar-refractivity contribution in [3.8, 4) is 0 Å². The molecule has 0 radical (unpaired) electrons. The van der Waals surface area contributed by atoms with Crippen LogP contribution in [0.25, 0.3) is 0 Å². The van der Waals surface area contributed by atoms with Gasteiger partial charge in [0.2, 0.25) is 10.0 Å². The molecule has 0 aliphatic rings. The summed E-state index contributed by atoms with van der Waals surface area (Å²) in [6, 6.07) is 2.57. The Labute approximate surface area is 127 Å². The number of nitrogens with zero attached hydrogens (tertiary/aromatic N) is 1. The standard InChI is InChI=1S/C13H19BrFNO3S/c1-5-13(2,3)16(4)20(18,19)11-7-10(14)6-9(8-17)12(11)15/h6-7,17H,5,8H2,1-4H3. The van der Waals surface area contributed by atoms with E-state index in [9.17, 15) is 12.8 Å². The van der Waals surface area contributed by atoms with E-state index in [1.807, 2.05) is 6.92 Å². The summed E-state index contributed by atoms with van der Waals surface area (Å²) in [6.45, 7) is 4.85. The Kier molecular flexibility index (Phi) is 5.34. The van der Waals surface area contributed by atoms with Crippen molar-refractivity contribution >= 4 is 26.0 Å². The monoisotopic (exact) mass is 367 g/mol. The van der Waals surface area contributed by atoms with Crippen LogP contribution in [0.1, 0.15) is 32.8 Å². The van der Waals surface area contributed by atoms with Crippen LogP contribution in [-0.2, 0) is 16.6 Å². The molecule has 0 saturated heterocycles. The minimum Gasteiger partial charge on any atom is -0.392 e. The summed E-state index contributed by atoms with van der Waals surface area (Å²) >= 11 is 3.14. The summed E-state index contributed by atoms with van der Waals surface area (Å²) in [5.41, 5.74) is -0.687. The van der Waals surface area contributed by atoms with Crippen molar-refractivity contribution in [1.29, 1.82) is 0 Å². The smallest absolute Gasteiger partial charge is 0.246 e. The fraction of sp³-hybridized carbons (Fsp3) is 0.538. The minimum absolute atomic E-state index is 0.0549. The third kappa shape index (κ3) is 3.21. The topological polar surface area (TPSA) is 57.6 Å². The van der Waals surface area contributed by atoms with Crippen LogP contribution in [0.15, 0.2) is 21.5 Å². The molecule has 1 rings (SSSR count). The van der Waals surface area contributed by atoms with Crippen molar-refractivity contribution in [2.45, 2.75) is 44.2 Å². The Balaban J connectivity index is 3.48. The SMILES string of the molecule is CCC(C)(C)N(C)S(=O)(=O)c1cc(Br)cc(CO)c1F. The molecule has 0 unspecified atom stereocenters. The number of rotatable bonds is 5. The molecule has 1 aromatic rings. The molecular formula is C13H19BrFNO3S. The summed E-state index contributed by atoms with van der Waals surface area (Å²) < 4.78 is 40.9. The Morgan fingerprint density at radius 1 is 1.40 bits per heavy atom. The second kappa shape index (κ2) is 6.09. The molecule has 4 nitrogen and oxygen atoms in total. The van der Waals surface area contributed by atoms with Gasteiger partial charge in [-0.3, -0.25) is 0 Å². The molecule has 0 heterocycles. The molecular weight excluding hydrogens is 349 g/mol. The van der Waals surface area contributed by atoms with Crippen LogP contribution >= 0.6 is 15.9 Å². The summed E-state index contributed by atoms with van der Waals surface area (Å²) in [5, 5.41) is 9.11. The first-order valence-corrected chi connectivity index (χ1v) is 8.39. The molecule has 1 N–H and O–H groups in total. The van der Waals surface area contributed by atoms with Crippen molar-refractivity contribution in [1.82, 2.24) is 4.31 Å². The molecule has 0 aliphatic heterocycles. The molecule has 0 aromatic heterocycles. The summed E-state index contributed by atoms with van der Waals surface area (Å²) in [5.74, 6) is -0.908. The van der Waals surface area contributed by atoms with E-state index in [1.54, 1.807) is 13.8 Å². The third-order valence-electron chi connectivity index (χ3n) is 3.61. The van der Waals surface area contributed by atoms with Crippen LogP contribution in [0.3, 0.4) is 0 Å². The second-order valence-corrected chi connectivity index (χ2v) is 8.03. The summed E-state index contributed by atoms with van der Waals surface area (Å²) in [7, 11) is -2.55. The van der Waals surface area contributed by atoms with Crippen LogP contribution in [-0.4, -0.2) is 30.4 Å². The maximum atomic E-state index is 14.2. The number of halogens is 2. The molecule has 0 fully saturated rings. The fourth-order valence-corrected chi connectivity index (χ4v) is 3.98. The Morgan fingerprint density at radius 2 is 1.95 bits per heavy atom. The summed E-state index contributed by atoms with van der Waals surface area (Å²) in [4.78, 5) is -0.431. The number of hydrogen-bond acceptors (Lipinski definition) is 3. The molecule has 0 bridgehead atoms. The molecule has 0 atom stereocenters. The van der Waals surface area contributed by atoms with Gasteiger partial charge >= 0.3 is 0 Å². The van der Waals surface area contributed by atoms with Crippen molar-refractivity contribution in [2.75, 3.05) is 7.05 Å². The maximum Gasteiger partial charge on any atom is 0.246 e. The van der Waals surface area contributed by atoms with Crippen LogP contribution < -0.4 is 0 Å². The fourth-order valence-electron chi connectivity index (χ4n) is 1.62. The van der Waals surface area contributed by atoms with Gasteiger partial charge in [0.05, 0.1) is 6.61 Å². The molecule has 20 heavy (non-hydrogen) atoms. The molecule has 0 spiro atoms. The second-order valence-electron chi connectivity index (χ2n) is 5.17. The van der Waals surface area contributed by atoms with Gasteiger partial charge in [-0.15, -0.1) is 0 Å². The third-order valence-corrected chi connectivity index (χ3v) is 6.13. The first-order valence-electron chi connectivity index (χ1n) is 6.15. The number of hydrogen-bond donors (Lipinski definition) is 1. The van der Waals surface area contributed by atoms with Gasteiger partial charge in [-0.1, -0.05) is 22.9 Å². The van der Waals surface area contributed by atoms with Crippen LogP contribution in [0.5, 0.6) is 0 Å². The zero-order valence-electron chi connectivity index (χ0n) is 11.9. The van der Waals surface area contributed by atoms with Gasteiger partial charge in [-0.25, -0.2) is 12.8 Å². The molecule has 1 aromatic carbocycles. The van der Waals surface area contributed by atoms with E-state index < -0.39 is 32.9 Å². The van der Waals surface area contributed by atoms with E-state index in [0.717, 1.165) is 4.31 Å². The molecule has 0 aliphatic carbocycles. The van der Waals surface area contributed by atoms with Gasteiger partial charge in [0.25, 0.3) is 0 Å². The quantitative estimate of drug-likeness (QED) is 0.870. The van der Waals surface area contributed by atoms with Crippen molar-refractivity contribution in [2.24, 2.45) is 0 Å². The van der Waals surface area contributed by atoms with Gasteiger partial charge in [-0.2, -0.15) is 4.31 Å². The van der Waals surface area contributed by atoms with Gasteiger partial charge in [-0.05, 0) is 32.4 Å². The molecule has 0 amide bonds. The van der Waals surface area contributed by atoms with Crippen molar-refractivity contribution < 1.29 is 17.9 Å². The minimum atomic E-state index is -3.98. The van der Waals surface area contributed by atoms with Crippen molar-refractivity contribution in [3.63, 3.8) is 0 Å². The lowest BCUT2D eigenvalue weighted by atomic mass is 10.0. The molecule has 114 valence electrons. The average molecular weight is 368 g/mol. The predicted molar refractivity (Wildman–Crippen MR) is 79.3 cm³/mol. The predicted octanol–water partition coefficient (Wildman–Crippen LogP) is 2.89. The first kappa shape index (κ1) is 17.6. The zero-order valence-corrected chi connectivity index (χ0v) is 14.3. The van der Waals surface area contributed by atoms with Gasteiger partial charge in [0.15, 0.2) is 0 Å². The Morgan fingerprint density at radius 3 is 2.40 bits per heavy atom. The largest absolute Gasteiger partial charge is 0.392 e. The first-order chi connectivity index (χ1) is 9.07. The van der Waals surface area contributed by atoms with Crippen molar-refractivity contribution in [3.05, 3.63) is 28.0 Å². The van der Waals surface area contributed by atoms with E-state index in [4.69, 9.17) is 5.11 Å². The van der Waals surface area contributed by atoms with E-state index in [1.165, 1.54) is 19.2 Å². The maximum absolute atomic E-state index is 14.2. The highest BCUT2D eigenvalue weighted by molar-refractivity contribution is 9.10. The lowest BCUT2D eigenvalue weighted by molar-refractivity contribution is 0.255. The van der Waals surface area contributed by atoms with Gasteiger partial charge in [0.1, 0.15) is 10.7 Å². The zero-order chi connectivity index (χ0) is 15.7. The number of aliphatic hydroxyl groups is 1. The molecule has 0 saturated carbocycles. The highest BCUT2D eigenvalue weighted by Crippen LogP contribution is 2.30. The van der Waals surface area contributed by atoms with Gasteiger partial charge in [0, 0.05) is 22.6 Å². The average Bonchev–Trinajstić information content (AvgIpc) is 2.39.